The number of amides is 1. The van der Waals surface area contributed by atoms with Gasteiger partial charge in [-0.2, -0.15) is 0 Å². The molecule has 1 N–H and O–H groups in total. The number of nitrogens with one attached hydrogen (secondary N) is 1. The van der Waals surface area contributed by atoms with Crippen molar-refractivity contribution in [2.45, 2.75) is 44.8 Å². The van der Waals surface area contributed by atoms with Crippen LogP contribution in [-0.4, -0.2) is 33.0 Å². The SMILES string of the molecule is CCNC(=O)CSc1nnc(-c2ccc(C(C)(C)C)cc2)n1Cc1ccccc1. The molecule has 2 aromatic carbocycles. The van der Waals surface area contributed by atoms with Gasteiger partial charge in [0.2, 0.25) is 5.91 Å². The summed E-state index contributed by atoms with van der Waals surface area (Å²) in [5.41, 5.74) is 3.57. The molecule has 0 aliphatic rings. The topological polar surface area (TPSA) is 59.8 Å². The minimum Gasteiger partial charge on any atom is -0.356 e. The Kier molecular flexibility index (Phi) is 6.75. The third kappa shape index (κ3) is 5.48. The Hall–Kier alpha value is -2.60. The Morgan fingerprint density at radius 3 is 2.34 bits per heavy atom. The predicted molar refractivity (Wildman–Crippen MR) is 119 cm³/mol. The van der Waals surface area contributed by atoms with E-state index in [9.17, 15) is 4.79 Å². The van der Waals surface area contributed by atoms with Gasteiger partial charge in [0.1, 0.15) is 0 Å². The maximum atomic E-state index is 11.9. The van der Waals surface area contributed by atoms with Crippen LogP contribution in [0.4, 0.5) is 0 Å². The van der Waals surface area contributed by atoms with Crippen molar-refractivity contribution < 1.29 is 4.79 Å². The summed E-state index contributed by atoms with van der Waals surface area (Å²) >= 11 is 1.41. The van der Waals surface area contributed by atoms with E-state index in [4.69, 9.17) is 0 Å². The summed E-state index contributed by atoms with van der Waals surface area (Å²) < 4.78 is 2.09. The summed E-state index contributed by atoms with van der Waals surface area (Å²) in [5, 5.41) is 12.4. The van der Waals surface area contributed by atoms with Crippen LogP contribution in [-0.2, 0) is 16.8 Å². The number of carbonyl (C=O) groups excluding carboxylic acids is 1. The van der Waals surface area contributed by atoms with Gasteiger partial charge in [0.15, 0.2) is 11.0 Å². The van der Waals surface area contributed by atoms with Crippen molar-refractivity contribution in [2.75, 3.05) is 12.3 Å². The van der Waals surface area contributed by atoms with Crippen LogP contribution in [0.5, 0.6) is 0 Å². The summed E-state index contributed by atoms with van der Waals surface area (Å²) in [6, 6.07) is 18.7. The number of hydrogen-bond acceptors (Lipinski definition) is 4. The molecule has 1 aromatic heterocycles. The molecule has 5 nitrogen and oxygen atoms in total. The molecule has 0 atom stereocenters. The highest BCUT2D eigenvalue weighted by atomic mass is 32.2. The molecule has 29 heavy (non-hydrogen) atoms. The summed E-state index contributed by atoms with van der Waals surface area (Å²) in [6.45, 7) is 9.81. The molecule has 0 spiro atoms. The quantitative estimate of drug-likeness (QED) is 0.584. The highest BCUT2D eigenvalue weighted by Gasteiger charge is 2.18. The van der Waals surface area contributed by atoms with Crippen LogP contribution in [0, 0.1) is 0 Å². The maximum Gasteiger partial charge on any atom is 0.230 e. The van der Waals surface area contributed by atoms with E-state index in [1.807, 2.05) is 25.1 Å². The average Bonchev–Trinajstić information content (AvgIpc) is 3.09. The van der Waals surface area contributed by atoms with Gasteiger partial charge in [-0.25, -0.2) is 0 Å². The van der Waals surface area contributed by atoms with Crippen molar-refractivity contribution in [3.8, 4) is 11.4 Å². The minimum atomic E-state index is 0.00263. The Labute approximate surface area is 176 Å². The molecule has 152 valence electrons. The van der Waals surface area contributed by atoms with Crippen molar-refractivity contribution >= 4 is 17.7 Å². The van der Waals surface area contributed by atoms with Crippen molar-refractivity contribution in [3.05, 3.63) is 65.7 Å². The average molecular weight is 409 g/mol. The Morgan fingerprint density at radius 1 is 1.03 bits per heavy atom. The monoisotopic (exact) mass is 408 g/mol. The first kappa shape index (κ1) is 21.1. The Balaban J connectivity index is 1.92. The first-order valence-corrected chi connectivity index (χ1v) is 10.8. The molecule has 0 saturated heterocycles. The van der Waals surface area contributed by atoms with Crippen molar-refractivity contribution in [1.82, 2.24) is 20.1 Å². The van der Waals surface area contributed by atoms with E-state index in [0.717, 1.165) is 16.5 Å². The van der Waals surface area contributed by atoms with Crippen LogP contribution in [0.25, 0.3) is 11.4 Å². The second-order valence-corrected chi connectivity index (χ2v) is 8.89. The predicted octanol–water partition coefficient (Wildman–Crippen LogP) is 4.52. The van der Waals surface area contributed by atoms with Crippen LogP contribution in [0.2, 0.25) is 0 Å². The lowest BCUT2D eigenvalue weighted by Gasteiger charge is -2.19. The smallest absolute Gasteiger partial charge is 0.230 e. The van der Waals surface area contributed by atoms with Crippen LogP contribution in [0.15, 0.2) is 59.8 Å². The molecule has 0 radical (unpaired) electrons. The van der Waals surface area contributed by atoms with Gasteiger partial charge in [0.05, 0.1) is 12.3 Å². The number of nitrogens with zero attached hydrogens (tertiary/aromatic N) is 3. The van der Waals surface area contributed by atoms with E-state index in [0.29, 0.717) is 18.8 Å². The molecule has 6 heteroatoms. The van der Waals surface area contributed by atoms with Crippen molar-refractivity contribution in [3.63, 3.8) is 0 Å². The van der Waals surface area contributed by atoms with Crippen molar-refractivity contribution in [1.29, 1.82) is 0 Å². The largest absolute Gasteiger partial charge is 0.356 e. The highest BCUT2D eigenvalue weighted by Crippen LogP contribution is 2.28. The van der Waals surface area contributed by atoms with Gasteiger partial charge < -0.3 is 5.32 Å². The fraction of sp³-hybridized carbons (Fsp3) is 0.348. The Morgan fingerprint density at radius 2 is 1.72 bits per heavy atom. The third-order valence-corrected chi connectivity index (χ3v) is 5.58. The van der Waals surface area contributed by atoms with Crippen LogP contribution in [0.1, 0.15) is 38.8 Å². The van der Waals surface area contributed by atoms with Gasteiger partial charge in [-0.15, -0.1) is 10.2 Å². The summed E-state index contributed by atoms with van der Waals surface area (Å²) in [6.07, 6.45) is 0. The van der Waals surface area contributed by atoms with E-state index >= 15 is 0 Å². The molecular formula is C23H28N4OS. The van der Waals surface area contributed by atoms with Gasteiger partial charge in [0.25, 0.3) is 0 Å². The van der Waals surface area contributed by atoms with Crippen LogP contribution >= 0.6 is 11.8 Å². The standard InChI is InChI=1S/C23H28N4OS/c1-5-24-20(28)16-29-22-26-25-21(27(22)15-17-9-7-6-8-10-17)18-11-13-19(14-12-18)23(2,3)4/h6-14H,5,15-16H2,1-4H3,(H,24,28). The van der Waals surface area contributed by atoms with Gasteiger partial charge in [-0.05, 0) is 23.5 Å². The minimum absolute atomic E-state index is 0.00263. The molecule has 0 fully saturated rings. The molecule has 0 aliphatic heterocycles. The molecule has 1 heterocycles. The number of carbonyl (C=O) groups is 1. The number of rotatable bonds is 7. The zero-order chi connectivity index (χ0) is 20.9. The first-order valence-electron chi connectivity index (χ1n) is 9.86. The molecule has 3 aromatic rings. The zero-order valence-corrected chi connectivity index (χ0v) is 18.3. The second kappa shape index (κ2) is 9.27. The summed E-state index contributed by atoms with van der Waals surface area (Å²) in [7, 11) is 0. The Bertz CT molecular complexity index is 943. The van der Waals surface area contributed by atoms with E-state index in [2.05, 4.69) is 77.3 Å². The molecule has 1 amide bonds. The molecular weight excluding hydrogens is 380 g/mol. The lowest BCUT2D eigenvalue weighted by molar-refractivity contribution is -0.118. The normalized spacial score (nSPS) is 11.4. The number of hydrogen-bond donors (Lipinski definition) is 1. The van der Waals surface area contributed by atoms with Gasteiger partial charge in [-0.3, -0.25) is 9.36 Å². The second-order valence-electron chi connectivity index (χ2n) is 7.95. The molecule has 0 bridgehead atoms. The summed E-state index contributed by atoms with van der Waals surface area (Å²) in [5.74, 6) is 1.14. The van der Waals surface area contributed by atoms with E-state index < -0.39 is 0 Å². The van der Waals surface area contributed by atoms with Gasteiger partial charge in [0, 0.05) is 12.1 Å². The van der Waals surface area contributed by atoms with Gasteiger partial charge >= 0.3 is 0 Å². The van der Waals surface area contributed by atoms with E-state index in [1.54, 1.807) is 0 Å². The van der Waals surface area contributed by atoms with Crippen LogP contribution < -0.4 is 5.32 Å². The third-order valence-electron chi connectivity index (χ3n) is 4.62. The number of benzene rings is 2. The number of aromatic nitrogens is 3. The lowest BCUT2D eigenvalue weighted by Crippen LogP contribution is -2.24. The molecule has 3 rings (SSSR count). The first-order chi connectivity index (χ1) is 13.9. The molecule has 0 unspecified atom stereocenters. The van der Waals surface area contributed by atoms with Crippen molar-refractivity contribution in [2.24, 2.45) is 0 Å². The summed E-state index contributed by atoms with van der Waals surface area (Å²) in [4.78, 5) is 11.9. The maximum absolute atomic E-state index is 11.9. The molecule has 0 aliphatic carbocycles. The van der Waals surface area contributed by atoms with E-state index in [1.165, 1.54) is 22.9 Å². The highest BCUT2D eigenvalue weighted by molar-refractivity contribution is 7.99. The lowest BCUT2D eigenvalue weighted by atomic mass is 9.87. The fourth-order valence-corrected chi connectivity index (χ4v) is 3.78. The van der Waals surface area contributed by atoms with E-state index in [-0.39, 0.29) is 11.3 Å². The van der Waals surface area contributed by atoms with Gasteiger partial charge in [-0.1, -0.05) is 87.1 Å². The fourth-order valence-electron chi connectivity index (χ4n) is 3.02. The molecule has 0 saturated carbocycles. The number of thioether (sulfide) groups is 1. The zero-order valence-electron chi connectivity index (χ0n) is 17.5. The van der Waals surface area contributed by atoms with Crippen LogP contribution in [0.3, 0.4) is 0 Å².